The van der Waals surface area contributed by atoms with Crippen molar-refractivity contribution in [1.29, 1.82) is 0 Å². The van der Waals surface area contributed by atoms with E-state index in [1.807, 2.05) is 6.07 Å². The van der Waals surface area contributed by atoms with Crippen LogP contribution in [-0.2, 0) is 6.42 Å². The molecule has 1 N–H and O–H groups in total. The van der Waals surface area contributed by atoms with Crippen molar-refractivity contribution in [3.05, 3.63) is 29.8 Å². The van der Waals surface area contributed by atoms with E-state index in [0.29, 0.717) is 0 Å². The van der Waals surface area contributed by atoms with Gasteiger partial charge in [0.05, 0.1) is 12.2 Å². The van der Waals surface area contributed by atoms with Crippen LogP contribution in [0.2, 0.25) is 0 Å². The minimum Gasteiger partial charge on any atom is -0.494 e. The van der Waals surface area contributed by atoms with Crippen LogP contribution >= 0.6 is 0 Å². The molecule has 1 aromatic carbocycles. The first kappa shape index (κ1) is 16.4. The summed E-state index contributed by atoms with van der Waals surface area (Å²) in [6.07, 6.45) is 11.1. The Morgan fingerprint density at radius 2 is 1.81 bits per heavy atom. The summed E-state index contributed by atoms with van der Waals surface area (Å²) < 4.78 is 5.69. The van der Waals surface area contributed by atoms with Gasteiger partial charge in [-0.05, 0) is 49.8 Å². The van der Waals surface area contributed by atoms with Crippen molar-refractivity contribution in [2.75, 3.05) is 6.61 Å². The van der Waals surface area contributed by atoms with Crippen LogP contribution in [0.4, 0.5) is 0 Å². The Labute approximate surface area is 129 Å². The van der Waals surface area contributed by atoms with Gasteiger partial charge in [-0.15, -0.1) is 0 Å². The molecule has 0 saturated heterocycles. The molecule has 1 aliphatic rings. The van der Waals surface area contributed by atoms with E-state index in [-0.39, 0.29) is 0 Å². The lowest BCUT2D eigenvalue weighted by molar-refractivity contribution is 0.00627. The van der Waals surface area contributed by atoms with E-state index in [2.05, 4.69) is 25.1 Å². The third-order valence-corrected chi connectivity index (χ3v) is 4.53. The molecular formula is C19H30O2. The summed E-state index contributed by atoms with van der Waals surface area (Å²) in [6.45, 7) is 2.89. The van der Waals surface area contributed by atoms with Gasteiger partial charge in [0.1, 0.15) is 5.75 Å². The van der Waals surface area contributed by atoms with Crippen LogP contribution in [0.25, 0.3) is 0 Å². The zero-order chi connectivity index (χ0) is 15.0. The summed E-state index contributed by atoms with van der Waals surface area (Å²) in [5.41, 5.74) is 0.833. The Bertz CT molecular complexity index is 406. The Morgan fingerprint density at radius 1 is 1.10 bits per heavy atom. The molecule has 0 spiro atoms. The number of aryl methyl sites for hydroxylation is 1. The van der Waals surface area contributed by atoms with Gasteiger partial charge in [-0.2, -0.15) is 0 Å². The largest absolute Gasteiger partial charge is 0.494 e. The van der Waals surface area contributed by atoms with E-state index in [9.17, 15) is 5.11 Å². The molecule has 21 heavy (non-hydrogen) atoms. The highest BCUT2D eigenvalue weighted by atomic mass is 16.5. The molecule has 0 aromatic heterocycles. The molecule has 0 amide bonds. The van der Waals surface area contributed by atoms with Gasteiger partial charge in [-0.1, -0.05) is 51.2 Å². The van der Waals surface area contributed by atoms with E-state index < -0.39 is 5.60 Å². The first-order valence-electron chi connectivity index (χ1n) is 8.66. The van der Waals surface area contributed by atoms with Gasteiger partial charge in [0.15, 0.2) is 0 Å². The molecular weight excluding hydrogens is 260 g/mol. The van der Waals surface area contributed by atoms with Crippen molar-refractivity contribution in [1.82, 2.24) is 0 Å². The maximum atomic E-state index is 10.8. The normalized spacial score (nSPS) is 18.8. The predicted octanol–water partition coefficient (Wildman–Crippen LogP) is 4.88. The van der Waals surface area contributed by atoms with Crippen molar-refractivity contribution in [3.63, 3.8) is 0 Å². The number of hydrogen-bond donors (Lipinski definition) is 1. The summed E-state index contributed by atoms with van der Waals surface area (Å²) in [7, 11) is 0. The second-order valence-corrected chi connectivity index (χ2v) is 6.49. The SMILES string of the molecule is CCCOc1cccc(CCC2(O)CCCCCCC2)c1. The summed E-state index contributed by atoms with van der Waals surface area (Å²) in [6, 6.07) is 8.35. The Balaban J connectivity index is 1.88. The summed E-state index contributed by atoms with van der Waals surface area (Å²) in [4.78, 5) is 0. The topological polar surface area (TPSA) is 29.5 Å². The maximum absolute atomic E-state index is 10.8. The lowest BCUT2D eigenvalue weighted by Crippen LogP contribution is -2.30. The van der Waals surface area contributed by atoms with Crippen molar-refractivity contribution >= 4 is 0 Å². The van der Waals surface area contributed by atoms with Crippen LogP contribution in [0.15, 0.2) is 24.3 Å². The van der Waals surface area contributed by atoms with Gasteiger partial charge in [-0.3, -0.25) is 0 Å². The van der Waals surface area contributed by atoms with E-state index >= 15 is 0 Å². The molecule has 0 heterocycles. The molecule has 118 valence electrons. The number of benzene rings is 1. The molecule has 0 bridgehead atoms. The zero-order valence-corrected chi connectivity index (χ0v) is 13.4. The van der Waals surface area contributed by atoms with Gasteiger partial charge >= 0.3 is 0 Å². The maximum Gasteiger partial charge on any atom is 0.119 e. The monoisotopic (exact) mass is 290 g/mol. The first-order chi connectivity index (χ1) is 10.2. The molecule has 0 atom stereocenters. The zero-order valence-electron chi connectivity index (χ0n) is 13.4. The first-order valence-corrected chi connectivity index (χ1v) is 8.66. The Morgan fingerprint density at radius 3 is 2.52 bits per heavy atom. The predicted molar refractivity (Wildman–Crippen MR) is 87.8 cm³/mol. The molecule has 1 aromatic rings. The number of rotatable bonds is 6. The van der Waals surface area contributed by atoms with Gasteiger partial charge < -0.3 is 9.84 Å². The molecule has 0 aliphatic heterocycles. The third-order valence-electron chi connectivity index (χ3n) is 4.53. The third kappa shape index (κ3) is 5.70. The molecule has 1 aliphatic carbocycles. The fourth-order valence-electron chi connectivity index (χ4n) is 3.20. The molecule has 0 radical (unpaired) electrons. The van der Waals surface area contributed by atoms with Gasteiger partial charge in [0.2, 0.25) is 0 Å². The summed E-state index contributed by atoms with van der Waals surface area (Å²) >= 11 is 0. The Kier molecular flexibility index (Phi) is 6.56. The average Bonchev–Trinajstić information content (AvgIpc) is 2.48. The van der Waals surface area contributed by atoms with E-state index in [1.54, 1.807) is 0 Å². The van der Waals surface area contributed by atoms with Crippen LogP contribution in [0, 0.1) is 0 Å². The number of ether oxygens (including phenoxy) is 1. The highest BCUT2D eigenvalue weighted by Gasteiger charge is 2.26. The van der Waals surface area contributed by atoms with E-state index in [4.69, 9.17) is 4.74 Å². The molecule has 0 unspecified atom stereocenters. The van der Waals surface area contributed by atoms with Crippen molar-refractivity contribution in [2.45, 2.75) is 76.7 Å². The molecule has 2 rings (SSSR count). The van der Waals surface area contributed by atoms with E-state index in [1.165, 1.54) is 37.7 Å². The number of hydrogen-bond acceptors (Lipinski definition) is 2. The van der Waals surface area contributed by atoms with E-state index in [0.717, 1.165) is 44.5 Å². The summed E-state index contributed by atoms with van der Waals surface area (Å²) in [5.74, 6) is 0.957. The second-order valence-electron chi connectivity index (χ2n) is 6.49. The van der Waals surface area contributed by atoms with Crippen molar-refractivity contribution in [3.8, 4) is 5.75 Å². The van der Waals surface area contributed by atoms with Crippen LogP contribution < -0.4 is 4.74 Å². The average molecular weight is 290 g/mol. The highest BCUT2D eigenvalue weighted by molar-refractivity contribution is 5.28. The minimum absolute atomic E-state index is 0.444. The van der Waals surface area contributed by atoms with Gasteiger partial charge in [0, 0.05) is 0 Å². The van der Waals surface area contributed by atoms with Gasteiger partial charge in [0.25, 0.3) is 0 Å². The van der Waals surface area contributed by atoms with Gasteiger partial charge in [-0.25, -0.2) is 0 Å². The summed E-state index contributed by atoms with van der Waals surface area (Å²) in [5, 5.41) is 10.8. The lowest BCUT2D eigenvalue weighted by Gasteiger charge is -2.30. The number of aliphatic hydroxyl groups is 1. The fraction of sp³-hybridized carbons (Fsp3) is 0.684. The van der Waals surface area contributed by atoms with Crippen LogP contribution in [0.3, 0.4) is 0 Å². The van der Waals surface area contributed by atoms with Crippen LogP contribution in [0.1, 0.15) is 70.3 Å². The molecule has 1 fully saturated rings. The van der Waals surface area contributed by atoms with Crippen LogP contribution in [0.5, 0.6) is 5.75 Å². The smallest absolute Gasteiger partial charge is 0.119 e. The van der Waals surface area contributed by atoms with Crippen molar-refractivity contribution < 1.29 is 9.84 Å². The molecule has 1 saturated carbocycles. The molecule has 2 heteroatoms. The Hall–Kier alpha value is -1.02. The van der Waals surface area contributed by atoms with Crippen LogP contribution in [-0.4, -0.2) is 17.3 Å². The fourth-order valence-corrected chi connectivity index (χ4v) is 3.20. The standard InChI is InChI=1S/C19H30O2/c1-2-15-21-18-10-8-9-17(16-18)11-14-19(20)12-6-4-3-5-7-13-19/h8-10,16,20H,2-7,11-15H2,1H3. The minimum atomic E-state index is -0.444. The quantitative estimate of drug-likeness (QED) is 0.808. The molecule has 2 nitrogen and oxygen atoms in total. The second kappa shape index (κ2) is 8.43. The highest BCUT2D eigenvalue weighted by Crippen LogP contribution is 2.30. The van der Waals surface area contributed by atoms with Crippen molar-refractivity contribution in [2.24, 2.45) is 0 Å². The lowest BCUT2D eigenvalue weighted by atomic mass is 9.83.